The molecule has 2 saturated heterocycles. The lowest BCUT2D eigenvalue weighted by atomic mass is 9.98. The normalized spacial score (nSPS) is 21.2. The van der Waals surface area contributed by atoms with Crippen molar-refractivity contribution in [3.05, 3.63) is 11.1 Å². The van der Waals surface area contributed by atoms with E-state index in [4.69, 9.17) is 28.4 Å². The van der Waals surface area contributed by atoms with Gasteiger partial charge in [0.25, 0.3) is 0 Å². The zero-order valence-corrected chi connectivity index (χ0v) is 20.4. The van der Waals surface area contributed by atoms with E-state index in [1.165, 1.54) is 7.11 Å². The van der Waals surface area contributed by atoms with Crippen LogP contribution >= 0.6 is 0 Å². The Morgan fingerprint density at radius 1 is 0.765 bits per heavy atom. The van der Waals surface area contributed by atoms with Gasteiger partial charge in [0.15, 0.2) is 24.1 Å². The average molecular weight is 491 g/mol. The monoisotopic (exact) mass is 490 g/mol. The third kappa shape index (κ3) is 7.31. The van der Waals surface area contributed by atoms with Crippen LogP contribution in [0.25, 0.3) is 0 Å². The molecule has 0 saturated carbocycles. The van der Waals surface area contributed by atoms with Crippen LogP contribution in [0.4, 0.5) is 13.2 Å². The number of rotatable bonds is 11. The zero-order valence-electron chi connectivity index (χ0n) is 20.4. The highest BCUT2D eigenvalue weighted by molar-refractivity contribution is 5.67. The molecule has 0 aromatic heterocycles. The Bertz CT molecular complexity index is 771. The summed E-state index contributed by atoms with van der Waals surface area (Å²) in [5, 5.41) is 0. The molecule has 2 atom stereocenters. The number of unbranched alkanes of at least 4 members (excludes halogenated alkanes) is 2. The van der Waals surface area contributed by atoms with Crippen LogP contribution in [0.3, 0.4) is 0 Å². The zero-order chi connectivity index (χ0) is 24.6. The molecular formula is C25H37F3O6. The highest BCUT2D eigenvalue weighted by atomic mass is 19.4. The number of ether oxygens (including phenoxy) is 6. The van der Waals surface area contributed by atoms with Crippen LogP contribution in [-0.2, 0) is 15.9 Å². The topological polar surface area (TPSA) is 55.4 Å². The van der Waals surface area contributed by atoms with E-state index in [2.05, 4.69) is 0 Å². The highest BCUT2D eigenvalue weighted by Crippen LogP contribution is 2.51. The molecule has 194 valence electrons. The molecule has 0 aliphatic carbocycles. The predicted octanol–water partition coefficient (Wildman–Crippen LogP) is 6.49. The first-order valence-electron chi connectivity index (χ1n) is 12.2. The fourth-order valence-corrected chi connectivity index (χ4v) is 4.43. The maximum absolute atomic E-state index is 12.6. The molecule has 0 bridgehead atoms. The van der Waals surface area contributed by atoms with E-state index in [0.29, 0.717) is 55.5 Å². The second-order valence-corrected chi connectivity index (χ2v) is 8.83. The van der Waals surface area contributed by atoms with Gasteiger partial charge in [-0.3, -0.25) is 0 Å². The van der Waals surface area contributed by atoms with Gasteiger partial charge in [-0.2, -0.15) is 13.2 Å². The van der Waals surface area contributed by atoms with E-state index in [0.717, 1.165) is 49.7 Å². The number of hydrogen-bond acceptors (Lipinski definition) is 6. The SMILES string of the molecule is COc1c(OC2CCCCO2)c(C)c(CCCCCC(F)(F)F)c(OC2CCCCO2)c1OC. The maximum atomic E-state index is 12.6. The summed E-state index contributed by atoms with van der Waals surface area (Å²) >= 11 is 0. The summed E-state index contributed by atoms with van der Waals surface area (Å²) in [7, 11) is 3.08. The summed E-state index contributed by atoms with van der Waals surface area (Å²) in [5.74, 6) is 1.85. The van der Waals surface area contributed by atoms with Gasteiger partial charge in [0, 0.05) is 30.4 Å². The van der Waals surface area contributed by atoms with Gasteiger partial charge in [-0.25, -0.2) is 0 Å². The van der Waals surface area contributed by atoms with E-state index in [1.54, 1.807) is 7.11 Å². The standard InChI is InChI=1S/C25H37F3O6/c1-17-18(11-5-4-8-14-25(26,27)28)22(34-20-13-7-10-16-32-20)24(30-3)23(29-2)21(17)33-19-12-6-9-15-31-19/h19-20H,4-16H2,1-3H3. The molecule has 0 N–H and O–H groups in total. The lowest BCUT2D eigenvalue weighted by Gasteiger charge is -2.30. The number of halogens is 3. The van der Waals surface area contributed by atoms with Crippen molar-refractivity contribution in [2.75, 3.05) is 27.4 Å². The lowest BCUT2D eigenvalue weighted by Crippen LogP contribution is -2.27. The number of hydrogen-bond donors (Lipinski definition) is 0. The summed E-state index contributed by atoms with van der Waals surface area (Å²) in [4.78, 5) is 0. The van der Waals surface area contributed by atoms with Crippen LogP contribution in [0.15, 0.2) is 0 Å². The first-order chi connectivity index (χ1) is 16.3. The third-order valence-electron chi connectivity index (χ3n) is 6.26. The van der Waals surface area contributed by atoms with Crippen molar-refractivity contribution >= 4 is 0 Å². The van der Waals surface area contributed by atoms with Crippen molar-refractivity contribution in [2.24, 2.45) is 0 Å². The van der Waals surface area contributed by atoms with Gasteiger partial charge in [-0.05, 0) is 51.9 Å². The van der Waals surface area contributed by atoms with Gasteiger partial charge < -0.3 is 28.4 Å². The first-order valence-corrected chi connectivity index (χ1v) is 12.2. The number of benzene rings is 1. The van der Waals surface area contributed by atoms with Crippen LogP contribution in [0, 0.1) is 6.92 Å². The van der Waals surface area contributed by atoms with Crippen molar-refractivity contribution < 1.29 is 41.6 Å². The van der Waals surface area contributed by atoms with E-state index >= 15 is 0 Å². The number of alkyl halides is 3. The van der Waals surface area contributed by atoms with Crippen LogP contribution in [0.2, 0.25) is 0 Å². The molecule has 1 aromatic carbocycles. The van der Waals surface area contributed by atoms with E-state index in [-0.39, 0.29) is 12.7 Å². The summed E-state index contributed by atoms with van der Waals surface area (Å²) in [5.41, 5.74) is 1.65. The molecule has 34 heavy (non-hydrogen) atoms. The van der Waals surface area contributed by atoms with Crippen molar-refractivity contribution in [3.8, 4) is 23.0 Å². The largest absolute Gasteiger partial charge is 0.490 e. The minimum Gasteiger partial charge on any atom is -0.490 e. The first kappa shape index (κ1) is 26.7. The summed E-state index contributed by atoms with van der Waals surface area (Å²) in [6.07, 6.45) is 1.45. The minimum absolute atomic E-state index is 0.0943. The van der Waals surface area contributed by atoms with Crippen LogP contribution in [0.5, 0.6) is 23.0 Å². The Morgan fingerprint density at radius 3 is 1.82 bits per heavy atom. The molecule has 2 aliphatic rings. The molecule has 1 aromatic rings. The fraction of sp³-hybridized carbons (Fsp3) is 0.760. The Morgan fingerprint density at radius 2 is 1.32 bits per heavy atom. The Balaban J connectivity index is 1.90. The van der Waals surface area contributed by atoms with Crippen molar-refractivity contribution in [2.45, 2.75) is 96.3 Å². The smallest absolute Gasteiger partial charge is 0.389 e. The second kappa shape index (κ2) is 12.7. The van der Waals surface area contributed by atoms with Crippen molar-refractivity contribution in [1.82, 2.24) is 0 Å². The lowest BCUT2D eigenvalue weighted by molar-refractivity contribution is -0.135. The van der Waals surface area contributed by atoms with Gasteiger partial charge in [0.2, 0.25) is 11.5 Å². The molecule has 2 fully saturated rings. The Hall–Kier alpha value is -1.87. The molecular weight excluding hydrogens is 453 g/mol. The average Bonchev–Trinajstić information content (AvgIpc) is 2.82. The van der Waals surface area contributed by atoms with Crippen molar-refractivity contribution in [1.29, 1.82) is 0 Å². The molecule has 6 nitrogen and oxygen atoms in total. The third-order valence-corrected chi connectivity index (χ3v) is 6.26. The van der Waals surface area contributed by atoms with Crippen molar-refractivity contribution in [3.63, 3.8) is 0 Å². The van der Waals surface area contributed by atoms with Gasteiger partial charge in [0.05, 0.1) is 27.4 Å². The summed E-state index contributed by atoms with van der Waals surface area (Å²) in [6.45, 7) is 3.17. The highest BCUT2D eigenvalue weighted by Gasteiger charge is 2.31. The second-order valence-electron chi connectivity index (χ2n) is 8.83. The van der Waals surface area contributed by atoms with Gasteiger partial charge >= 0.3 is 6.18 Å². The molecule has 9 heteroatoms. The molecule has 0 spiro atoms. The predicted molar refractivity (Wildman–Crippen MR) is 121 cm³/mol. The molecule has 2 unspecified atom stereocenters. The number of methoxy groups -OCH3 is 2. The molecule has 2 aliphatic heterocycles. The summed E-state index contributed by atoms with van der Waals surface area (Å²) < 4.78 is 73.2. The minimum atomic E-state index is -4.13. The molecule has 0 radical (unpaired) electrons. The van der Waals surface area contributed by atoms with Gasteiger partial charge in [-0.1, -0.05) is 6.42 Å². The fourth-order valence-electron chi connectivity index (χ4n) is 4.43. The van der Waals surface area contributed by atoms with Crippen LogP contribution in [-0.4, -0.2) is 46.2 Å². The van der Waals surface area contributed by atoms with Gasteiger partial charge in [-0.15, -0.1) is 0 Å². The molecule has 0 amide bonds. The molecule has 2 heterocycles. The van der Waals surface area contributed by atoms with Crippen LogP contribution in [0.1, 0.15) is 75.3 Å². The van der Waals surface area contributed by atoms with E-state index < -0.39 is 18.9 Å². The van der Waals surface area contributed by atoms with Gasteiger partial charge in [0.1, 0.15) is 0 Å². The van der Waals surface area contributed by atoms with E-state index in [9.17, 15) is 13.2 Å². The summed E-state index contributed by atoms with van der Waals surface area (Å²) in [6, 6.07) is 0. The molecule has 3 rings (SSSR count). The van der Waals surface area contributed by atoms with Crippen LogP contribution < -0.4 is 18.9 Å². The quantitative estimate of drug-likeness (QED) is 0.331. The maximum Gasteiger partial charge on any atom is 0.389 e. The van der Waals surface area contributed by atoms with E-state index in [1.807, 2.05) is 6.92 Å². The Labute approximate surface area is 200 Å². The Kier molecular flexibility index (Phi) is 10.0.